The van der Waals surface area contributed by atoms with Gasteiger partial charge in [-0.15, -0.1) is 0 Å². The lowest BCUT2D eigenvalue weighted by Crippen LogP contribution is -2.43. The van der Waals surface area contributed by atoms with E-state index in [0.29, 0.717) is 50.9 Å². The van der Waals surface area contributed by atoms with Crippen molar-refractivity contribution < 1.29 is 23.4 Å². The molecule has 0 spiro atoms. The van der Waals surface area contributed by atoms with Gasteiger partial charge in [0.25, 0.3) is 5.91 Å². The first kappa shape index (κ1) is 20.1. The first-order chi connectivity index (χ1) is 13.7. The molecule has 0 aromatic heterocycles. The van der Waals surface area contributed by atoms with Crippen molar-refractivity contribution in [3.05, 3.63) is 59.4 Å². The molecule has 0 aliphatic carbocycles. The monoisotopic (exact) mass is 388 g/mol. The van der Waals surface area contributed by atoms with Crippen LogP contribution in [-0.2, 0) is 22.6 Å². The molecule has 1 aliphatic heterocycles. The standard InChI is InChI=1S/C21H25FN2O4/c1-26-20-12-17(14-23-13-16-2-5-18(22)6-3-16)4-7-19(20)28-15-21(25)24-8-10-27-11-9-24/h2-7,12,23H,8-11,13-15H2,1H3. The number of ether oxygens (including phenoxy) is 3. The fraction of sp³-hybridized carbons (Fsp3) is 0.381. The van der Waals surface area contributed by atoms with Crippen LogP contribution in [0.4, 0.5) is 4.39 Å². The van der Waals surface area contributed by atoms with Gasteiger partial charge in [-0.1, -0.05) is 18.2 Å². The Morgan fingerprint density at radius 1 is 1.07 bits per heavy atom. The molecular formula is C21H25FN2O4. The molecule has 2 aromatic carbocycles. The molecule has 3 rings (SSSR count). The molecule has 0 atom stereocenters. The van der Waals surface area contributed by atoms with E-state index in [1.165, 1.54) is 12.1 Å². The quantitative estimate of drug-likeness (QED) is 0.752. The Labute approximate surface area is 164 Å². The maximum Gasteiger partial charge on any atom is 0.260 e. The van der Waals surface area contributed by atoms with Crippen LogP contribution in [0.3, 0.4) is 0 Å². The zero-order valence-electron chi connectivity index (χ0n) is 15.9. The maximum absolute atomic E-state index is 12.9. The number of hydrogen-bond acceptors (Lipinski definition) is 5. The summed E-state index contributed by atoms with van der Waals surface area (Å²) in [6.45, 7) is 3.55. The van der Waals surface area contributed by atoms with Crippen LogP contribution >= 0.6 is 0 Å². The molecule has 0 saturated carbocycles. The zero-order valence-corrected chi connectivity index (χ0v) is 15.9. The summed E-state index contributed by atoms with van der Waals surface area (Å²) in [5.41, 5.74) is 2.03. The van der Waals surface area contributed by atoms with Crippen molar-refractivity contribution in [2.75, 3.05) is 40.0 Å². The number of morpholine rings is 1. The molecule has 28 heavy (non-hydrogen) atoms. The minimum Gasteiger partial charge on any atom is -0.493 e. The van der Waals surface area contributed by atoms with Gasteiger partial charge in [0.05, 0.1) is 20.3 Å². The summed E-state index contributed by atoms with van der Waals surface area (Å²) in [5, 5.41) is 3.31. The Morgan fingerprint density at radius 3 is 2.46 bits per heavy atom. The van der Waals surface area contributed by atoms with E-state index < -0.39 is 0 Å². The van der Waals surface area contributed by atoms with E-state index in [-0.39, 0.29) is 18.3 Å². The van der Waals surface area contributed by atoms with Gasteiger partial charge in [0.2, 0.25) is 0 Å². The van der Waals surface area contributed by atoms with Crippen LogP contribution < -0.4 is 14.8 Å². The van der Waals surface area contributed by atoms with E-state index in [2.05, 4.69) is 5.32 Å². The van der Waals surface area contributed by atoms with Gasteiger partial charge in [-0.3, -0.25) is 4.79 Å². The van der Waals surface area contributed by atoms with E-state index in [0.717, 1.165) is 11.1 Å². The summed E-state index contributed by atoms with van der Waals surface area (Å²) < 4.78 is 29.3. The molecule has 1 N–H and O–H groups in total. The molecule has 0 bridgehead atoms. The molecular weight excluding hydrogens is 363 g/mol. The Hall–Kier alpha value is -2.64. The topological polar surface area (TPSA) is 60.0 Å². The summed E-state index contributed by atoms with van der Waals surface area (Å²) in [6, 6.07) is 12.0. The highest BCUT2D eigenvalue weighted by atomic mass is 19.1. The van der Waals surface area contributed by atoms with Gasteiger partial charge in [-0.25, -0.2) is 4.39 Å². The van der Waals surface area contributed by atoms with Gasteiger partial charge in [-0.05, 0) is 35.4 Å². The lowest BCUT2D eigenvalue weighted by atomic mass is 10.2. The third-order valence-electron chi connectivity index (χ3n) is 4.51. The zero-order chi connectivity index (χ0) is 19.8. The van der Waals surface area contributed by atoms with Crippen LogP contribution in [0.15, 0.2) is 42.5 Å². The largest absolute Gasteiger partial charge is 0.493 e. The van der Waals surface area contributed by atoms with Crippen molar-refractivity contribution in [1.82, 2.24) is 10.2 Å². The Balaban J connectivity index is 1.51. The summed E-state index contributed by atoms with van der Waals surface area (Å²) in [7, 11) is 1.57. The predicted octanol–water partition coefficient (Wildman–Crippen LogP) is 2.36. The Morgan fingerprint density at radius 2 is 1.75 bits per heavy atom. The number of carbonyl (C=O) groups excluding carboxylic acids is 1. The van der Waals surface area contributed by atoms with Gasteiger partial charge in [-0.2, -0.15) is 0 Å². The van der Waals surface area contributed by atoms with Crippen molar-refractivity contribution in [2.45, 2.75) is 13.1 Å². The van der Waals surface area contributed by atoms with Crippen LogP contribution in [0, 0.1) is 5.82 Å². The number of rotatable bonds is 8. The van der Waals surface area contributed by atoms with Crippen LogP contribution in [0.2, 0.25) is 0 Å². The van der Waals surface area contributed by atoms with Crippen molar-refractivity contribution in [3.8, 4) is 11.5 Å². The number of halogens is 1. The van der Waals surface area contributed by atoms with E-state index >= 15 is 0 Å². The molecule has 2 aromatic rings. The summed E-state index contributed by atoms with van der Waals surface area (Å²) in [4.78, 5) is 13.9. The third kappa shape index (κ3) is 5.68. The average molecular weight is 388 g/mol. The van der Waals surface area contributed by atoms with E-state index in [4.69, 9.17) is 14.2 Å². The number of amides is 1. The Bertz CT molecular complexity index is 776. The molecule has 1 amide bonds. The van der Waals surface area contributed by atoms with Crippen LogP contribution in [-0.4, -0.2) is 50.8 Å². The van der Waals surface area contributed by atoms with Crippen LogP contribution in [0.5, 0.6) is 11.5 Å². The summed E-state index contributed by atoms with van der Waals surface area (Å²) >= 11 is 0. The second-order valence-electron chi connectivity index (χ2n) is 6.50. The average Bonchev–Trinajstić information content (AvgIpc) is 2.74. The maximum atomic E-state index is 12.9. The van der Waals surface area contributed by atoms with Crippen LogP contribution in [0.25, 0.3) is 0 Å². The van der Waals surface area contributed by atoms with E-state index in [9.17, 15) is 9.18 Å². The molecule has 7 heteroatoms. The SMILES string of the molecule is COc1cc(CNCc2ccc(F)cc2)ccc1OCC(=O)N1CCOCC1. The lowest BCUT2D eigenvalue weighted by Gasteiger charge is -2.26. The fourth-order valence-electron chi connectivity index (χ4n) is 2.94. The molecule has 0 unspecified atom stereocenters. The second-order valence-corrected chi connectivity index (χ2v) is 6.50. The molecule has 1 heterocycles. The first-order valence-electron chi connectivity index (χ1n) is 9.26. The minimum absolute atomic E-state index is 0.0292. The van der Waals surface area contributed by atoms with Gasteiger partial charge in [0, 0.05) is 26.2 Å². The van der Waals surface area contributed by atoms with Crippen molar-refractivity contribution in [2.24, 2.45) is 0 Å². The highest BCUT2D eigenvalue weighted by molar-refractivity contribution is 5.78. The number of carbonyl (C=O) groups is 1. The first-order valence-corrected chi connectivity index (χ1v) is 9.26. The lowest BCUT2D eigenvalue weighted by molar-refractivity contribution is -0.137. The number of nitrogens with zero attached hydrogens (tertiary/aromatic N) is 1. The Kier molecular flexibility index (Phi) is 7.22. The molecule has 150 valence electrons. The summed E-state index contributed by atoms with van der Waals surface area (Å²) in [6.07, 6.45) is 0. The van der Waals surface area contributed by atoms with Gasteiger partial charge in [0.15, 0.2) is 18.1 Å². The normalized spacial score (nSPS) is 14.0. The number of methoxy groups -OCH3 is 1. The van der Waals surface area contributed by atoms with E-state index in [1.807, 2.05) is 12.1 Å². The van der Waals surface area contributed by atoms with Gasteiger partial charge >= 0.3 is 0 Å². The summed E-state index contributed by atoms with van der Waals surface area (Å²) in [5.74, 6) is 0.814. The molecule has 1 saturated heterocycles. The molecule has 6 nitrogen and oxygen atoms in total. The highest BCUT2D eigenvalue weighted by Crippen LogP contribution is 2.28. The van der Waals surface area contributed by atoms with Gasteiger partial charge < -0.3 is 24.4 Å². The van der Waals surface area contributed by atoms with Crippen molar-refractivity contribution in [1.29, 1.82) is 0 Å². The number of nitrogens with one attached hydrogen (secondary N) is 1. The van der Waals surface area contributed by atoms with Crippen molar-refractivity contribution >= 4 is 5.91 Å². The van der Waals surface area contributed by atoms with Crippen LogP contribution in [0.1, 0.15) is 11.1 Å². The molecule has 1 fully saturated rings. The van der Waals surface area contributed by atoms with Crippen molar-refractivity contribution in [3.63, 3.8) is 0 Å². The fourth-order valence-corrected chi connectivity index (χ4v) is 2.94. The second kappa shape index (κ2) is 10.1. The number of benzene rings is 2. The third-order valence-corrected chi connectivity index (χ3v) is 4.51. The molecule has 1 aliphatic rings. The minimum atomic E-state index is -0.240. The molecule has 0 radical (unpaired) electrons. The smallest absolute Gasteiger partial charge is 0.260 e. The predicted molar refractivity (Wildman–Crippen MR) is 103 cm³/mol. The highest BCUT2D eigenvalue weighted by Gasteiger charge is 2.18. The van der Waals surface area contributed by atoms with Gasteiger partial charge in [0.1, 0.15) is 5.82 Å². The van der Waals surface area contributed by atoms with E-state index in [1.54, 1.807) is 30.2 Å². The number of hydrogen-bond donors (Lipinski definition) is 1.